The first kappa shape index (κ1) is 7.71. The lowest BCUT2D eigenvalue weighted by atomic mass is 10.2. The van der Waals surface area contributed by atoms with Gasteiger partial charge in [-0.2, -0.15) is 0 Å². The lowest BCUT2D eigenvalue weighted by molar-refractivity contribution is 0.0689. The summed E-state index contributed by atoms with van der Waals surface area (Å²) >= 11 is 0. The predicted octanol–water partition coefficient (Wildman–Crippen LogP) is 0.455. The zero-order chi connectivity index (χ0) is 8.27. The minimum atomic E-state index is -1.03. The zero-order valence-electron chi connectivity index (χ0n) is 6.16. The van der Waals surface area contributed by atoms with E-state index in [1.54, 1.807) is 0 Å². The van der Waals surface area contributed by atoms with Gasteiger partial charge in [-0.05, 0) is 6.42 Å². The average Bonchev–Trinajstić information content (AvgIpc) is 2.36. The lowest BCUT2D eigenvalue weighted by Gasteiger charge is -1.91. The van der Waals surface area contributed by atoms with E-state index in [0.717, 1.165) is 6.42 Å². The van der Waals surface area contributed by atoms with Crippen molar-refractivity contribution in [3.8, 4) is 0 Å². The van der Waals surface area contributed by atoms with E-state index in [-0.39, 0.29) is 5.69 Å². The van der Waals surface area contributed by atoms with Gasteiger partial charge in [0.25, 0.3) is 0 Å². The van der Waals surface area contributed by atoms with Crippen molar-refractivity contribution in [1.82, 2.24) is 15.4 Å². The second-order valence-electron chi connectivity index (χ2n) is 2.19. The SMILES string of the molecule is CCCc1[nH]nnc1C(=O)O. The Bertz CT molecular complexity index is 256. The fourth-order valence-corrected chi connectivity index (χ4v) is 0.845. The number of nitrogens with zero attached hydrogens (tertiary/aromatic N) is 2. The third kappa shape index (κ3) is 1.54. The Labute approximate surface area is 63.4 Å². The Hall–Kier alpha value is -1.39. The van der Waals surface area contributed by atoms with E-state index in [1.165, 1.54) is 0 Å². The van der Waals surface area contributed by atoms with E-state index >= 15 is 0 Å². The van der Waals surface area contributed by atoms with Crippen LogP contribution in [0.2, 0.25) is 0 Å². The molecular weight excluding hydrogens is 146 g/mol. The van der Waals surface area contributed by atoms with Crippen LogP contribution in [0.15, 0.2) is 0 Å². The van der Waals surface area contributed by atoms with E-state index in [9.17, 15) is 4.79 Å². The summed E-state index contributed by atoms with van der Waals surface area (Å²) < 4.78 is 0. The highest BCUT2D eigenvalue weighted by Gasteiger charge is 2.12. The Morgan fingerprint density at radius 3 is 3.00 bits per heavy atom. The number of aromatic nitrogens is 3. The molecule has 0 radical (unpaired) electrons. The average molecular weight is 155 g/mol. The summed E-state index contributed by atoms with van der Waals surface area (Å²) in [5.41, 5.74) is 0.631. The normalized spacial score (nSPS) is 9.91. The number of aromatic carboxylic acids is 1. The van der Waals surface area contributed by atoms with Crippen molar-refractivity contribution in [2.45, 2.75) is 19.8 Å². The summed E-state index contributed by atoms with van der Waals surface area (Å²) in [6.45, 7) is 1.96. The van der Waals surface area contributed by atoms with Crippen LogP contribution >= 0.6 is 0 Å². The largest absolute Gasteiger partial charge is 0.476 e. The smallest absolute Gasteiger partial charge is 0.358 e. The van der Waals surface area contributed by atoms with Crippen molar-refractivity contribution in [2.24, 2.45) is 0 Å². The topological polar surface area (TPSA) is 78.9 Å². The molecule has 0 saturated carbocycles. The van der Waals surface area contributed by atoms with Gasteiger partial charge in [0, 0.05) is 0 Å². The van der Waals surface area contributed by atoms with Gasteiger partial charge >= 0.3 is 5.97 Å². The molecule has 1 rings (SSSR count). The van der Waals surface area contributed by atoms with Crippen LogP contribution in [0.4, 0.5) is 0 Å². The summed E-state index contributed by atoms with van der Waals surface area (Å²) in [7, 11) is 0. The predicted molar refractivity (Wildman–Crippen MR) is 37.3 cm³/mol. The van der Waals surface area contributed by atoms with Gasteiger partial charge in [0.1, 0.15) is 0 Å². The molecule has 5 heteroatoms. The molecule has 5 nitrogen and oxygen atoms in total. The Morgan fingerprint density at radius 1 is 1.73 bits per heavy atom. The summed E-state index contributed by atoms with van der Waals surface area (Å²) in [6.07, 6.45) is 1.55. The second kappa shape index (κ2) is 3.14. The first-order valence-electron chi connectivity index (χ1n) is 3.39. The highest BCUT2D eigenvalue weighted by atomic mass is 16.4. The van der Waals surface area contributed by atoms with E-state index in [2.05, 4.69) is 15.4 Å². The van der Waals surface area contributed by atoms with Crippen LogP contribution < -0.4 is 0 Å². The van der Waals surface area contributed by atoms with Crippen LogP contribution in [0.1, 0.15) is 29.5 Å². The van der Waals surface area contributed by atoms with Crippen molar-refractivity contribution >= 4 is 5.97 Å². The van der Waals surface area contributed by atoms with Crippen molar-refractivity contribution in [1.29, 1.82) is 0 Å². The van der Waals surface area contributed by atoms with Crippen LogP contribution in [0.5, 0.6) is 0 Å². The number of hydrogen-bond donors (Lipinski definition) is 2. The lowest BCUT2D eigenvalue weighted by Crippen LogP contribution is -2.01. The fourth-order valence-electron chi connectivity index (χ4n) is 0.845. The molecule has 60 valence electrons. The van der Waals surface area contributed by atoms with E-state index < -0.39 is 5.97 Å². The molecule has 0 amide bonds. The monoisotopic (exact) mass is 155 g/mol. The number of carboxylic acids is 1. The molecule has 1 aromatic heterocycles. The van der Waals surface area contributed by atoms with Crippen molar-refractivity contribution in [2.75, 3.05) is 0 Å². The Balaban J connectivity index is 2.87. The third-order valence-electron chi connectivity index (χ3n) is 1.32. The highest BCUT2D eigenvalue weighted by Crippen LogP contribution is 2.03. The van der Waals surface area contributed by atoms with Crippen molar-refractivity contribution in [3.05, 3.63) is 11.4 Å². The Kier molecular flexibility index (Phi) is 2.20. The number of hydrogen-bond acceptors (Lipinski definition) is 3. The van der Waals surface area contributed by atoms with Gasteiger partial charge < -0.3 is 5.11 Å². The highest BCUT2D eigenvalue weighted by molar-refractivity contribution is 5.86. The van der Waals surface area contributed by atoms with Crippen molar-refractivity contribution in [3.63, 3.8) is 0 Å². The van der Waals surface area contributed by atoms with Gasteiger partial charge in [-0.25, -0.2) is 4.79 Å². The first-order valence-corrected chi connectivity index (χ1v) is 3.39. The maximum atomic E-state index is 10.4. The summed E-state index contributed by atoms with van der Waals surface area (Å²) in [5.74, 6) is -1.03. The van der Waals surface area contributed by atoms with Gasteiger partial charge in [0.2, 0.25) is 0 Å². The maximum Gasteiger partial charge on any atom is 0.358 e. The molecule has 1 aromatic rings. The molecule has 0 aliphatic rings. The van der Waals surface area contributed by atoms with Crippen LogP contribution in [0.25, 0.3) is 0 Å². The zero-order valence-corrected chi connectivity index (χ0v) is 6.16. The van der Waals surface area contributed by atoms with Crippen LogP contribution in [0, 0.1) is 0 Å². The number of nitrogens with one attached hydrogen (secondary N) is 1. The quantitative estimate of drug-likeness (QED) is 0.664. The molecule has 0 bridgehead atoms. The molecule has 0 aliphatic carbocycles. The third-order valence-corrected chi connectivity index (χ3v) is 1.32. The molecule has 11 heavy (non-hydrogen) atoms. The van der Waals surface area contributed by atoms with Gasteiger partial charge in [-0.15, -0.1) is 5.10 Å². The van der Waals surface area contributed by atoms with Crippen LogP contribution in [-0.4, -0.2) is 26.5 Å². The molecule has 2 N–H and O–H groups in total. The standard InChI is InChI=1S/C6H9N3O2/c1-2-3-4-5(6(10)11)8-9-7-4/h2-3H2,1H3,(H,10,11)(H,7,8,9). The molecule has 0 aliphatic heterocycles. The van der Waals surface area contributed by atoms with E-state index in [0.29, 0.717) is 12.1 Å². The van der Waals surface area contributed by atoms with Gasteiger partial charge in [0.05, 0.1) is 5.69 Å². The molecule has 1 heterocycles. The van der Waals surface area contributed by atoms with E-state index in [1.807, 2.05) is 6.92 Å². The molecule has 0 aromatic carbocycles. The number of aromatic amines is 1. The minimum absolute atomic E-state index is 0.0341. The van der Waals surface area contributed by atoms with Gasteiger partial charge in [0.15, 0.2) is 5.69 Å². The molecule has 0 fully saturated rings. The Morgan fingerprint density at radius 2 is 2.45 bits per heavy atom. The van der Waals surface area contributed by atoms with Crippen molar-refractivity contribution < 1.29 is 9.90 Å². The maximum absolute atomic E-state index is 10.4. The van der Waals surface area contributed by atoms with E-state index in [4.69, 9.17) is 5.11 Å². The number of H-pyrrole nitrogens is 1. The number of aryl methyl sites for hydroxylation is 1. The van der Waals surface area contributed by atoms with Gasteiger partial charge in [-0.3, -0.25) is 5.10 Å². The summed E-state index contributed by atoms with van der Waals surface area (Å²) in [6, 6.07) is 0. The molecule has 0 unspecified atom stereocenters. The molecule has 0 saturated heterocycles. The fraction of sp³-hybridized carbons (Fsp3) is 0.500. The second-order valence-corrected chi connectivity index (χ2v) is 2.19. The summed E-state index contributed by atoms with van der Waals surface area (Å²) in [5, 5.41) is 17.9. The molecule has 0 atom stereocenters. The number of rotatable bonds is 3. The number of carboxylic acid groups (broad SMARTS) is 1. The first-order chi connectivity index (χ1) is 5.25. The minimum Gasteiger partial charge on any atom is -0.476 e. The van der Waals surface area contributed by atoms with Gasteiger partial charge in [-0.1, -0.05) is 18.6 Å². The van der Waals surface area contributed by atoms with Crippen LogP contribution in [-0.2, 0) is 6.42 Å². The molecular formula is C6H9N3O2. The summed E-state index contributed by atoms with van der Waals surface area (Å²) in [4.78, 5) is 10.4. The number of carbonyl (C=O) groups is 1. The molecule has 0 spiro atoms. The van der Waals surface area contributed by atoms with Crippen LogP contribution in [0.3, 0.4) is 0 Å².